The molecule has 2 rings (SSSR count). The number of carbonyl (C=O) groups is 2. The number of allylic oxidation sites excluding steroid dienone is 2. The van der Waals surface area contributed by atoms with Crippen LogP contribution in [0.25, 0.3) is 0 Å². The van der Waals surface area contributed by atoms with E-state index in [0.29, 0.717) is 12.3 Å². The Hall–Kier alpha value is -2.76. The summed E-state index contributed by atoms with van der Waals surface area (Å²) in [5, 5.41) is 13.1. The number of para-hydroxylation sites is 1. The number of nitrogens with zero attached hydrogens (tertiary/aromatic N) is 1. The maximum absolute atomic E-state index is 12.2. The van der Waals surface area contributed by atoms with Crippen LogP contribution in [0.3, 0.4) is 0 Å². The number of phenols is 1. The van der Waals surface area contributed by atoms with Gasteiger partial charge in [0.05, 0.1) is 23.9 Å². The molecular weight excluding hydrogens is 284 g/mol. The Morgan fingerprint density at radius 3 is 2.73 bits per heavy atom. The number of amides is 1. The molecule has 0 atom stereocenters. The van der Waals surface area contributed by atoms with E-state index in [4.69, 9.17) is 4.74 Å². The van der Waals surface area contributed by atoms with E-state index >= 15 is 0 Å². The summed E-state index contributed by atoms with van der Waals surface area (Å²) in [5.41, 5.74) is 0.930. The van der Waals surface area contributed by atoms with Crippen molar-refractivity contribution in [3.8, 4) is 5.75 Å². The van der Waals surface area contributed by atoms with Crippen molar-refractivity contribution in [1.29, 1.82) is 0 Å². The zero-order chi connectivity index (χ0) is 16.4. The first-order chi connectivity index (χ1) is 10.4. The van der Waals surface area contributed by atoms with Crippen molar-refractivity contribution in [2.75, 3.05) is 26.0 Å². The molecule has 0 aromatic heterocycles. The standard InChI is InChI=1S/C16H18N2O4/c1-5-18(3)16(21)10-7-6-8-11(14(10)20)17-12-13(19)9(2)15(12)22-4/h6-8,17,20H,2,5H2,1,3-4H3. The monoisotopic (exact) mass is 302 g/mol. The minimum Gasteiger partial charge on any atom is -0.505 e. The predicted octanol–water partition coefficient (Wildman–Crippen LogP) is 1.89. The molecule has 0 heterocycles. The third-order valence-corrected chi connectivity index (χ3v) is 3.55. The SMILES string of the molecule is C=C1C(=O)C(Nc2cccc(C(=O)N(C)CC)c2O)=C1OC. The second kappa shape index (κ2) is 5.93. The molecule has 0 radical (unpaired) electrons. The minimum atomic E-state index is -0.297. The predicted molar refractivity (Wildman–Crippen MR) is 82.5 cm³/mol. The number of hydrogen-bond donors (Lipinski definition) is 2. The molecule has 0 unspecified atom stereocenters. The fraction of sp³-hybridized carbons (Fsp3) is 0.250. The van der Waals surface area contributed by atoms with Crippen molar-refractivity contribution in [2.45, 2.75) is 6.92 Å². The number of benzene rings is 1. The largest absolute Gasteiger partial charge is 0.505 e. The Labute approximate surface area is 128 Å². The average molecular weight is 302 g/mol. The normalized spacial score (nSPS) is 13.8. The van der Waals surface area contributed by atoms with Gasteiger partial charge in [-0.2, -0.15) is 0 Å². The highest BCUT2D eigenvalue weighted by atomic mass is 16.5. The van der Waals surface area contributed by atoms with Gasteiger partial charge in [-0.05, 0) is 19.1 Å². The van der Waals surface area contributed by atoms with Gasteiger partial charge in [0.2, 0.25) is 5.78 Å². The lowest BCUT2D eigenvalue weighted by atomic mass is 9.95. The van der Waals surface area contributed by atoms with Crippen LogP contribution < -0.4 is 5.32 Å². The number of Topliss-reactive ketones (excluding diaryl/α,β-unsaturated/α-hetero) is 1. The van der Waals surface area contributed by atoms with E-state index in [1.54, 1.807) is 19.2 Å². The quantitative estimate of drug-likeness (QED) is 0.641. The Kier molecular flexibility index (Phi) is 4.21. The molecule has 0 saturated carbocycles. The third kappa shape index (κ3) is 2.43. The fourth-order valence-electron chi connectivity index (χ4n) is 2.09. The average Bonchev–Trinajstić information content (AvgIpc) is 2.54. The van der Waals surface area contributed by atoms with Gasteiger partial charge < -0.3 is 20.1 Å². The third-order valence-electron chi connectivity index (χ3n) is 3.55. The highest BCUT2D eigenvalue weighted by Crippen LogP contribution is 2.35. The Balaban J connectivity index is 2.35. The molecule has 1 aromatic carbocycles. The molecule has 6 nitrogen and oxygen atoms in total. The van der Waals surface area contributed by atoms with Crippen LogP contribution in [-0.2, 0) is 9.53 Å². The van der Waals surface area contributed by atoms with Gasteiger partial charge in [-0.1, -0.05) is 12.6 Å². The molecule has 1 amide bonds. The van der Waals surface area contributed by atoms with Crippen molar-refractivity contribution in [3.05, 3.63) is 47.4 Å². The molecule has 0 spiro atoms. The second-order valence-electron chi connectivity index (χ2n) is 4.86. The summed E-state index contributed by atoms with van der Waals surface area (Å²) in [6.45, 7) is 5.95. The number of aromatic hydroxyl groups is 1. The van der Waals surface area contributed by atoms with Gasteiger partial charge in [-0.15, -0.1) is 0 Å². The number of hydrogen-bond acceptors (Lipinski definition) is 5. The summed E-state index contributed by atoms with van der Waals surface area (Å²) >= 11 is 0. The molecule has 1 aliphatic carbocycles. The van der Waals surface area contributed by atoms with Crippen molar-refractivity contribution < 1.29 is 19.4 Å². The molecule has 22 heavy (non-hydrogen) atoms. The summed E-state index contributed by atoms with van der Waals surface area (Å²) in [6.07, 6.45) is 0. The van der Waals surface area contributed by atoms with Gasteiger partial charge in [0.25, 0.3) is 5.91 Å². The van der Waals surface area contributed by atoms with Gasteiger partial charge in [0.15, 0.2) is 11.5 Å². The van der Waals surface area contributed by atoms with Crippen molar-refractivity contribution in [3.63, 3.8) is 0 Å². The van der Waals surface area contributed by atoms with E-state index in [-0.39, 0.29) is 40.0 Å². The summed E-state index contributed by atoms with van der Waals surface area (Å²) in [4.78, 5) is 25.4. The Bertz CT molecular complexity index is 691. The highest BCUT2D eigenvalue weighted by molar-refractivity contribution is 6.20. The lowest BCUT2D eigenvalue weighted by Crippen LogP contribution is -2.28. The van der Waals surface area contributed by atoms with Crippen LogP contribution in [0.5, 0.6) is 5.75 Å². The molecule has 1 aromatic rings. The first-order valence-corrected chi connectivity index (χ1v) is 6.79. The van der Waals surface area contributed by atoms with Gasteiger partial charge in [-0.3, -0.25) is 9.59 Å². The van der Waals surface area contributed by atoms with Crippen LogP contribution in [0, 0.1) is 0 Å². The van der Waals surface area contributed by atoms with Crippen LogP contribution >= 0.6 is 0 Å². The van der Waals surface area contributed by atoms with Crippen LogP contribution in [0.4, 0.5) is 5.69 Å². The number of methoxy groups -OCH3 is 1. The topological polar surface area (TPSA) is 78.9 Å². The summed E-state index contributed by atoms with van der Waals surface area (Å²) in [5.74, 6) is -0.430. The molecule has 116 valence electrons. The summed E-state index contributed by atoms with van der Waals surface area (Å²) in [7, 11) is 3.08. The van der Waals surface area contributed by atoms with Gasteiger partial charge in [0, 0.05) is 13.6 Å². The van der Waals surface area contributed by atoms with E-state index in [9.17, 15) is 14.7 Å². The molecule has 0 fully saturated rings. The van der Waals surface area contributed by atoms with Crippen LogP contribution in [-0.4, -0.2) is 42.4 Å². The van der Waals surface area contributed by atoms with E-state index < -0.39 is 0 Å². The number of phenolic OH excluding ortho intramolecular Hbond substituents is 1. The lowest BCUT2D eigenvalue weighted by Gasteiger charge is -2.25. The number of rotatable bonds is 5. The molecule has 0 bridgehead atoms. The van der Waals surface area contributed by atoms with Crippen molar-refractivity contribution in [2.24, 2.45) is 0 Å². The summed E-state index contributed by atoms with van der Waals surface area (Å²) < 4.78 is 5.07. The number of nitrogens with one attached hydrogen (secondary N) is 1. The molecule has 2 N–H and O–H groups in total. The molecule has 0 saturated heterocycles. The Morgan fingerprint density at radius 2 is 2.14 bits per heavy atom. The van der Waals surface area contributed by atoms with E-state index in [0.717, 1.165) is 0 Å². The molecule has 6 heteroatoms. The van der Waals surface area contributed by atoms with Crippen LogP contribution in [0.15, 0.2) is 41.8 Å². The van der Waals surface area contributed by atoms with E-state index in [2.05, 4.69) is 11.9 Å². The molecular formula is C16H18N2O4. The first-order valence-electron chi connectivity index (χ1n) is 6.79. The van der Waals surface area contributed by atoms with E-state index in [1.807, 2.05) is 6.92 Å². The second-order valence-corrected chi connectivity index (χ2v) is 4.86. The van der Waals surface area contributed by atoms with Crippen LogP contribution in [0.1, 0.15) is 17.3 Å². The Morgan fingerprint density at radius 1 is 1.45 bits per heavy atom. The fourth-order valence-corrected chi connectivity index (χ4v) is 2.09. The zero-order valence-electron chi connectivity index (χ0n) is 12.8. The van der Waals surface area contributed by atoms with E-state index in [1.165, 1.54) is 18.1 Å². The smallest absolute Gasteiger partial charge is 0.257 e. The van der Waals surface area contributed by atoms with Crippen molar-refractivity contribution >= 4 is 17.4 Å². The van der Waals surface area contributed by atoms with Crippen molar-refractivity contribution in [1.82, 2.24) is 4.90 Å². The maximum Gasteiger partial charge on any atom is 0.257 e. The number of ether oxygens (including phenoxy) is 1. The highest BCUT2D eigenvalue weighted by Gasteiger charge is 2.34. The zero-order valence-corrected chi connectivity index (χ0v) is 12.8. The first kappa shape index (κ1) is 15.6. The van der Waals surface area contributed by atoms with Crippen LogP contribution in [0.2, 0.25) is 0 Å². The minimum absolute atomic E-state index is 0.166. The maximum atomic E-state index is 12.2. The summed E-state index contributed by atoms with van der Waals surface area (Å²) in [6, 6.07) is 4.73. The number of carbonyl (C=O) groups excluding carboxylic acids is 2. The molecule has 0 aliphatic heterocycles. The number of anilines is 1. The number of ketones is 1. The van der Waals surface area contributed by atoms with Gasteiger partial charge >= 0.3 is 0 Å². The van der Waals surface area contributed by atoms with Gasteiger partial charge in [-0.25, -0.2) is 0 Å². The molecule has 1 aliphatic rings. The van der Waals surface area contributed by atoms with Gasteiger partial charge in [0.1, 0.15) is 5.70 Å². The lowest BCUT2D eigenvalue weighted by molar-refractivity contribution is -0.113.